The molecular weight excluding hydrogens is 935 g/mol. The zero-order valence-electron chi connectivity index (χ0n) is 48.6. The number of likely N-dealkylation sites (tertiary alicyclic amines) is 2. The molecule has 5 rings (SSSR count). The van der Waals surface area contributed by atoms with E-state index in [1.165, 1.54) is 24.0 Å². The highest BCUT2D eigenvalue weighted by molar-refractivity contribution is 5.75. The Kier molecular flexibility index (Phi) is 60.3. The number of benzene rings is 2. The molecule has 2 heterocycles. The number of carbonyl (C=O) groups excluding carboxylic acids is 10. The number of carbonyl (C=O) groups is 10. The number of unbranched alkanes of at least 4 members (excludes halogenated alkanes) is 1. The molecule has 74 heavy (non-hydrogen) atoms. The molecule has 0 spiro atoms. The summed E-state index contributed by atoms with van der Waals surface area (Å²) >= 11 is 0. The Morgan fingerprint density at radius 3 is 1.31 bits per heavy atom. The number of likely N-dealkylation sites (N-methyl/N-ethyl adjacent to an activating group) is 1. The van der Waals surface area contributed by atoms with Crippen LogP contribution in [0.25, 0.3) is 0 Å². The molecule has 2 aromatic rings. The molecule has 0 amide bonds. The topological polar surface area (TPSA) is 180 Å². The van der Waals surface area contributed by atoms with Crippen LogP contribution < -0.4 is 0 Å². The lowest BCUT2D eigenvalue weighted by atomic mass is 9.84. The minimum absolute atomic E-state index is 0.204. The first-order chi connectivity index (χ1) is 35.2. The maximum atomic E-state index is 10.4. The van der Waals surface area contributed by atoms with Crippen LogP contribution in [0.15, 0.2) is 48.5 Å². The van der Waals surface area contributed by atoms with E-state index in [2.05, 4.69) is 57.5 Å². The molecule has 1 atom stereocenters. The number of hydrogen-bond donors (Lipinski definition) is 0. The van der Waals surface area contributed by atoms with Gasteiger partial charge in [0.15, 0.2) is 0 Å². The molecule has 13 heteroatoms. The van der Waals surface area contributed by atoms with Gasteiger partial charge in [-0.05, 0) is 128 Å². The van der Waals surface area contributed by atoms with Crippen molar-refractivity contribution < 1.29 is 47.9 Å². The molecule has 0 radical (unpaired) electrons. The van der Waals surface area contributed by atoms with E-state index in [4.69, 9.17) is 0 Å². The average molecular weight is 1040 g/mol. The van der Waals surface area contributed by atoms with Gasteiger partial charge in [-0.3, -0.25) is 9.59 Å². The maximum Gasteiger partial charge on any atom is 0.150 e. The fourth-order valence-corrected chi connectivity index (χ4v) is 6.48. The zero-order valence-corrected chi connectivity index (χ0v) is 48.6. The van der Waals surface area contributed by atoms with Crippen LogP contribution in [0, 0.1) is 41.4 Å². The first-order valence-electron chi connectivity index (χ1n) is 26.9. The minimum atomic E-state index is 0.204. The Morgan fingerprint density at radius 1 is 0.581 bits per heavy atom. The van der Waals surface area contributed by atoms with E-state index >= 15 is 0 Å². The molecule has 0 N–H and O–H groups in total. The van der Waals surface area contributed by atoms with Crippen LogP contribution in [-0.2, 0) is 51.2 Å². The van der Waals surface area contributed by atoms with E-state index < -0.39 is 0 Å². The maximum absolute atomic E-state index is 10.4. The van der Waals surface area contributed by atoms with Gasteiger partial charge in [-0.2, -0.15) is 0 Å². The number of aldehydes is 10. The van der Waals surface area contributed by atoms with Gasteiger partial charge < -0.3 is 53.1 Å². The summed E-state index contributed by atoms with van der Waals surface area (Å²) in [5.41, 5.74) is 4.00. The predicted molar refractivity (Wildman–Crippen MR) is 305 cm³/mol. The van der Waals surface area contributed by atoms with Gasteiger partial charge in [0.2, 0.25) is 0 Å². The summed E-state index contributed by atoms with van der Waals surface area (Å²) in [6.45, 7) is 24.8. The van der Waals surface area contributed by atoms with Crippen molar-refractivity contribution in [2.24, 2.45) is 41.4 Å². The highest BCUT2D eigenvalue weighted by Crippen LogP contribution is 2.26. The highest BCUT2D eigenvalue weighted by Gasteiger charge is 2.21. The third-order valence-corrected chi connectivity index (χ3v) is 11.0. The first-order valence-corrected chi connectivity index (χ1v) is 26.9. The van der Waals surface area contributed by atoms with Gasteiger partial charge in [0.1, 0.15) is 62.9 Å². The summed E-state index contributed by atoms with van der Waals surface area (Å²) in [6.07, 6.45) is 23.0. The molecule has 2 saturated heterocycles. The number of rotatable bonds is 17. The van der Waals surface area contributed by atoms with Gasteiger partial charge in [-0.25, -0.2) is 0 Å². The van der Waals surface area contributed by atoms with E-state index in [1.807, 2.05) is 103 Å². The van der Waals surface area contributed by atoms with Crippen molar-refractivity contribution in [3.8, 4) is 0 Å². The van der Waals surface area contributed by atoms with E-state index in [0.29, 0.717) is 43.1 Å². The van der Waals surface area contributed by atoms with Crippen LogP contribution in [0.3, 0.4) is 0 Å². The van der Waals surface area contributed by atoms with Crippen LogP contribution in [0.5, 0.6) is 0 Å². The average Bonchev–Trinajstić information content (AvgIpc) is 3.39. The Morgan fingerprint density at radius 2 is 1.04 bits per heavy atom. The Balaban J connectivity index is -0.000000242. The fourth-order valence-electron chi connectivity index (χ4n) is 6.48. The van der Waals surface area contributed by atoms with Gasteiger partial charge in [-0.15, -0.1) is 0 Å². The summed E-state index contributed by atoms with van der Waals surface area (Å²) in [4.78, 5) is 105. The number of hydrogen-bond acceptors (Lipinski definition) is 13. The van der Waals surface area contributed by atoms with Crippen molar-refractivity contribution in [2.45, 2.75) is 153 Å². The number of nitrogens with zero attached hydrogens (tertiary/aromatic N) is 3. The van der Waals surface area contributed by atoms with Gasteiger partial charge in [0.25, 0.3) is 0 Å². The molecule has 2 aliphatic heterocycles. The summed E-state index contributed by atoms with van der Waals surface area (Å²) in [5.74, 6) is 3.04. The van der Waals surface area contributed by atoms with Crippen molar-refractivity contribution in [1.82, 2.24) is 14.7 Å². The third kappa shape index (κ3) is 56.3. The molecule has 3 aliphatic rings. The third-order valence-electron chi connectivity index (χ3n) is 11.0. The van der Waals surface area contributed by atoms with Crippen LogP contribution in [0.2, 0.25) is 0 Å². The lowest BCUT2D eigenvalue weighted by Crippen LogP contribution is -2.44. The van der Waals surface area contributed by atoms with E-state index in [-0.39, 0.29) is 11.8 Å². The van der Waals surface area contributed by atoms with Crippen molar-refractivity contribution in [3.05, 3.63) is 70.8 Å². The van der Waals surface area contributed by atoms with E-state index in [0.717, 1.165) is 164 Å². The molecular formula is C61H103N3O10. The summed E-state index contributed by atoms with van der Waals surface area (Å²) in [7, 11) is 7.82. The predicted octanol–water partition coefficient (Wildman–Crippen LogP) is 10.8. The second-order valence-corrected chi connectivity index (χ2v) is 20.0. The quantitative estimate of drug-likeness (QED) is 0.137. The van der Waals surface area contributed by atoms with Gasteiger partial charge in [0, 0.05) is 66.6 Å². The van der Waals surface area contributed by atoms with E-state index in [1.54, 1.807) is 0 Å². The molecule has 13 nitrogen and oxygen atoms in total. The van der Waals surface area contributed by atoms with Crippen LogP contribution in [0.4, 0.5) is 0 Å². The van der Waals surface area contributed by atoms with Gasteiger partial charge >= 0.3 is 0 Å². The second kappa shape index (κ2) is 57.3. The zero-order chi connectivity index (χ0) is 57.5. The molecule has 0 bridgehead atoms. The standard InChI is InChI=1S/C10H12O.C9H10O.C8H14O.C7H13NO.C7H14O.C5H9NO.C4H9NO.2C4H8O.C3H6O/c1-2-4-9-5-3-6-10(7-9)8-11;1-2-8-4-3-5-9(6-8)7-10;1-7-2-4-8(6-9)5-3-7;1-8-4-2-7(6-9)3-5-8;1-6(2)4-7(3)5-8;1-6-2-5(3-6)4-7;1-5(2)3-4-6;1-4(2)3-5;1-2-3-4-5;1-2-3-4/h3,5-8H,2,4H2,1H3;3-7H,2H2,1H3;6-8H,2-5H2,1H3;6-7H,2-5H2,1H3;5-7H,4H2,1-3H3;4-5H,2-3H2,1H3;4H,3H2,1-2H3;3-4H,1-2H3;4H,2-3H2,1H3;3H,2H2,1H3/t;;;;7-;;;;;/m....0...../s1. The normalized spacial score (nSPS) is 16.0. The fraction of sp³-hybridized carbons (Fsp3) is 0.639. The monoisotopic (exact) mass is 1040 g/mol. The summed E-state index contributed by atoms with van der Waals surface area (Å²) in [5, 5.41) is 0. The van der Waals surface area contributed by atoms with E-state index in [9.17, 15) is 47.9 Å². The SMILES string of the molecule is CC(C)C=O.CC(C)C[C@H](C)C=O.CC1CCC(C=O)CC1.CCC=O.CCCC=O.CCCc1cccc(C=O)c1.CCc1cccc(C=O)c1.CN(C)CC=O.CN1CC(C=O)C1.CN1CCC(C=O)CC1. The largest absolute Gasteiger partial charge is 0.306 e. The number of piperidine rings is 1. The highest BCUT2D eigenvalue weighted by atomic mass is 16.1. The smallest absolute Gasteiger partial charge is 0.150 e. The molecule has 1 aliphatic carbocycles. The molecule has 422 valence electrons. The molecule has 1 saturated carbocycles. The van der Waals surface area contributed by atoms with Crippen LogP contribution >= 0.6 is 0 Å². The lowest BCUT2D eigenvalue weighted by Gasteiger charge is -2.31. The molecule has 0 aromatic heterocycles. The van der Waals surface area contributed by atoms with Crippen LogP contribution in [0.1, 0.15) is 172 Å². The van der Waals surface area contributed by atoms with Crippen molar-refractivity contribution >= 4 is 62.9 Å². The Labute approximate surface area is 449 Å². The summed E-state index contributed by atoms with van der Waals surface area (Å²) in [6, 6.07) is 15.4. The number of aryl methyl sites for hydroxylation is 2. The Hall–Kier alpha value is -4.98. The Bertz CT molecular complexity index is 1640. The van der Waals surface area contributed by atoms with Crippen LogP contribution in [-0.4, -0.2) is 138 Å². The van der Waals surface area contributed by atoms with Gasteiger partial charge in [-0.1, -0.05) is 125 Å². The van der Waals surface area contributed by atoms with Crippen molar-refractivity contribution in [1.29, 1.82) is 0 Å². The molecule has 3 fully saturated rings. The second-order valence-electron chi connectivity index (χ2n) is 20.0. The first kappa shape index (κ1) is 77.9. The van der Waals surface area contributed by atoms with Gasteiger partial charge in [0.05, 0.1) is 6.54 Å². The lowest BCUT2D eigenvalue weighted by molar-refractivity contribution is -0.115. The van der Waals surface area contributed by atoms with Crippen molar-refractivity contribution in [2.75, 3.05) is 60.9 Å². The van der Waals surface area contributed by atoms with Crippen molar-refractivity contribution in [3.63, 3.8) is 0 Å². The minimum Gasteiger partial charge on any atom is -0.306 e. The molecule has 0 unspecified atom stereocenters. The summed E-state index contributed by atoms with van der Waals surface area (Å²) < 4.78 is 0. The molecule has 2 aromatic carbocycles.